The van der Waals surface area contributed by atoms with Crippen LogP contribution in [0.3, 0.4) is 0 Å². The van der Waals surface area contributed by atoms with Crippen LogP contribution in [0.2, 0.25) is 0 Å². The Kier molecular flexibility index (Phi) is 19.9. The van der Waals surface area contributed by atoms with E-state index in [1.807, 2.05) is 34.6 Å². The highest BCUT2D eigenvalue weighted by Crippen LogP contribution is 2.36. The number of nitrogens with one attached hydrogen (secondary N) is 1. The summed E-state index contributed by atoms with van der Waals surface area (Å²) in [5.74, 6) is 0.144. The molecule has 1 aliphatic rings. The first-order valence-electron chi connectivity index (χ1n) is 18.3. The third-order valence-corrected chi connectivity index (χ3v) is 10.0. The summed E-state index contributed by atoms with van der Waals surface area (Å²) in [7, 11) is 0. The second-order valence-corrected chi connectivity index (χ2v) is 13.9. The SMILES string of the molecule is CCCCCCCCCCCCCCCCCOc1cc([C@@H](CCC)NC(=O)[C@]2(C)CSC(C(C)(OCC)OCC)=N2)oc(=O)c1. The van der Waals surface area contributed by atoms with Gasteiger partial charge in [-0.05, 0) is 40.5 Å². The molecule has 1 aromatic rings. The molecule has 0 radical (unpaired) electrons. The molecule has 0 unspecified atom stereocenters. The summed E-state index contributed by atoms with van der Waals surface area (Å²) in [6.45, 7) is 13.3. The van der Waals surface area contributed by atoms with Crippen LogP contribution < -0.4 is 15.7 Å². The van der Waals surface area contributed by atoms with Gasteiger partial charge in [0.05, 0.1) is 18.7 Å². The molecule has 46 heavy (non-hydrogen) atoms. The van der Waals surface area contributed by atoms with Crippen molar-refractivity contribution in [2.75, 3.05) is 25.6 Å². The summed E-state index contributed by atoms with van der Waals surface area (Å²) < 4.78 is 23.3. The molecule has 2 rings (SSSR count). The molecule has 0 saturated carbocycles. The molecular weight excluding hydrogens is 600 g/mol. The second-order valence-electron chi connectivity index (χ2n) is 12.9. The molecule has 264 valence electrons. The van der Waals surface area contributed by atoms with Gasteiger partial charge in [0.2, 0.25) is 11.7 Å². The van der Waals surface area contributed by atoms with E-state index in [1.165, 1.54) is 101 Å². The molecule has 0 aromatic carbocycles. The molecule has 8 nitrogen and oxygen atoms in total. The van der Waals surface area contributed by atoms with Gasteiger partial charge in [-0.1, -0.05) is 110 Å². The Bertz CT molecular complexity index is 1070. The molecule has 0 saturated heterocycles. The van der Waals surface area contributed by atoms with Gasteiger partial charge in [0.15, 0.2) is 0 Å². The maximum absolute atomic E-state index is 13.6. The summed E-state index contributed by atoms with van der Waals surface area (Å²) in [6, 6.07) is 2.66. The van der Waals surface area contributed by atoms with Crippen LogP contribution in [-0.4, -0.2) is 47.9 Å². The van der Waals surface area contributed by atoms with Crippen molar-refractivity contribution < 1.29 is 23.4 Å². The quantitative estimate of drug-likeness (QED) is 0.0739. The Balaban J connectivity index is 1.78. The van der Waals surface area contributed by atoms with E-state index in [4.69, 9.17) is 23.6 Å². The van der Waals surface area contributed by atoms with Crippen LogP contribution in [0, 0.1) is 0 Å². The number of hydrogen-bond acceptors (Lipinski definition) is 8. The number of thioether (sulfide) groups is 1. The predicted molar refractivity (Wildman–Crippen MR) is 191 cm³/mol. The molecule has 1 aromatic heterocycles. The lowest BCUT2D eigenvalue weighted by Crippen LogP contribution is -2.45. The minimum Gasteiger partial charge on any atom is -0.493 e. The summed E-state index contributed by atoms with van der Waals surface area (Å²) in [5.41, 5.74) is -1.48. The highest BCUT2D eigenvalue weighted by Gasteiger charge is 2.45. The maximum atomic E-state index is 13.6. The molecule has 2 heterocycles. The zero-order valence-corrected chi connectivity index (χ0v) is 30.7. The fourth-order valence-corrected chi connectivity index (χ4v) is 7.10. The Morgan fingerprint density at radius 3 is 1.96 bits per heavy atom. The van der Waals surface area contributed by atoms with Crippen molar-refractivity contribution in [1.29, 1.82) is 0 Å². The lowest BCUT2D eigenvalue weighted by Gasteiger charge is -2.28. The summed E-state index contributed by atoms with van der Waals surface area (Å²) in [4.78, 5) is 30.8. The first kappa shape index (κ1) is 40.3. The molecule has 0 spiro atoms. The normalized spacial score (nSPS) is 17.2. The Hall–Kier alpha value is -1.84. The van der Waals surface area contributed by atoms with Crippen molar-refractivity contribution in [3.05, 3.63) is 28.3 Å². The Labute approximate surface area is 283 Å². The predicted octanol–water partition coefficient (Wildman–Crippen LogP) is 9.54. The first-order chi connectivity index (χ1) is 22.2. The maximum Gasteiger partial charge on any atom is 0.339 e. The van der Waals surface area contributed by atoms with E-state index < -0.39 is 23.0 Å². The van der Waals surface area contributed by atoms with Crippen LogP contribution in [0.25, 0.3) is 0 Å². The molecule has 2 atom stereocenters. The fourth-order valence-electron chi connectivity index (χ4n) is 5.84. The molecule has 0 fully saturated rings. The number of unbranched alkanes of at least 4 members (excludes halogenated alkanes) is 14. The third-order valence-electron chi connectivity index (χ3n) is 8.56. The van der Waals surface area contributed by atoms with Crippen molar-refractivity contribution in [1.82, 2.24) is 5.32 Å². The van der Waals surface area contributed by atoms with Crippen LogP contribution in [0.4, 0.5) is 0 Å². The van der Waals surface area contributed by atoms with E-state index in [-0.39, 0.29) is 5.91 Å². The van der Waals surface area contributed by atoms with Crippen LogP contribution >= 0.6 is 11.8 Å². The minimum absolute atomic E-state index is 0.226. The molecule has 0 bridgehead atoms. The summed E-state index contributed by atoms with van der Waals surface area (Å²) in [6.07, 6.45) is 21.1. The lowest BCUT2D eigenvalue weighted by molar-refractivity contribution is -0.169. The zero-order valence-electron chi connectivity index (χ0n) is 29.9. The second kappa shape index (κ2) is 22.7. The van der Waals surface area contributed by atoms with Gasteiger partial charge in [-0.25, -0.2) is 4.79 Å². The molecule has 1 amide bonds. The number of hydrogen-bond donors (Lipinski definition) is 1. The smallest absolute Gasteiger partial charge is 0.339 e. The number of carbonyl (C=O) groups is 1. The number of aliphatic imine (C=N–C) groups is 1. The summed E-state index contributed by atoms with van der Waals surface area (Å²) >= 11 is 1.48. The Morgan fingerprint density at radius 1 is 0.891 bits per heavy atom. The van der Waals surface area contributed by atoms with Gasteiger partial charge in [-0.15, -0.1) is 11.8 Å². The van der Waals surface area contributed by atoms with Crippen LogP contribution in [0.15, 0.2) is 26.3 Å². The molecular formula is C37H64N2O6S. The highest BCUT2D eigenvalue weighted by atomic mass is 32.2. The van der Waals surface area contributed by atoms with Crippen LogP contribution in [-0.2, 0) is 14.3 Å². The average Bonchev–Trinajstić information content (AvgIpc) is 3.45. The topological polar surface area (TPSA) is 99.4 Å². The average molecular weight is 665 g/mol. The summed E-state index contributed by atoms with van der Waals surface area (Å²) in [5, 5.41) is 3.76. The van der Waals surface area contributed by atoms with Gasteiger partial charge in [0.25, 0.3) is 0 Å². The van der Waals surface area contributed by atoms with E-state index in [1.54, 1.807) is 6.07 Å². The van der Waals surface area contributed by atoms with Crippen molar-refractivity contribution in [3.8, 4) is 5.75 Å². The third kappa shape index (κ3) is 14.5. The number of rotatable bonds is 27. The van der Waals surface area contributed by atoms with Gasteiger partial charge in [0.1, 0.15) is 22.1 Å². The zero-order chi connectivity index (χ0) is 33.7. The Morgan fingerprint density at radius 2 is 1.43 bits per heavy atom. The number of ether oxygens (including phenoxy) is 3. The van der Waals surface area contributed by atoms with Gasteiger partial charge >= 0.3 is 5.63 Å². The van der Waals surface area contributed by atoms with E-state index >= 15 is 0 Å². The van der Waals surface area contributed by atoms with Crippen molar-refractivity contribution in [3.63, 3.8) is 0 Å². The van der Waals surface area contributed by atoms with E-state index in [9.17, 15) is 9.59 Å². The molecule has 0 aliphatic carbocycles. The molecule has 9 heteroatoms. The largest absolute Gasteiger partial charge is 0.493 e. The number of amides is 1. The number of carbonyl (C=O) groups excluding carboxylic acids is 1. The van der Waals surface area contributed by atoms with Crippen molar-refractivity contribution in [2.45, 2.75) is 168 Å². The van der Waals surface area contributed by atoms with Gasteiger partial charge < -0.3 is 23.9 Å². The highest BCUT2D eigenvalue weighted by molar-refractivity contribution is 8.14. The van der Waals surface area contributed by atoms with Crippen LogP contribution in [0.5, 0.6) is 5.75 Å². The van der Waals surface area contributed by atoms with Crippen molar-refractivity contribution in [2.24, 2.45) is 4.99 Å². The van der Waals surface area contributed by atoms with Gasteiger partial charge in [0, 0.05) is 25.0 Å². The van der Waals surface area contributed by atoms with E-state index in [0.717, 1.165) is 19.3 Å². The standard InChI is InChI=1S/C37H64N2O6S/c1-7-11-12-13-14-15-16-17-18-19-20-21-22-23-24-26-42-30-27-32(45-33(40)28-30)31(25-8-2)38-34(41)36(5)29-46-35(39-36)37(6,43-9-3)44-10-4/h27-28,31H,7-26,29H2,1-6H3,(H,38,41)/t31-,36+/m1/s1. The minimum atomic E-state index is -0.997. The lowest BCUT2D eigenvalue weighted by atomic mass is 10.0. The monoisotopic (exact) mass is 664 g/mol. The molecule has 1 N–H and O–H groups in total. The fraction of sp³-hybridized carbons (Fsp3) is 0.811. The number of nitrogens with zero attached hydrogens (tertiary/aromatic N) is 1. The van der Waals surface area contributed by atoms with E-state index in [0.29, 0.717) is 48.5 Å². The van der Waals surface area contributed by atoms with Crippen molar-refractivity contribution >= 4 is 22.7 Å². The molecule has 1 aliphatic heterocycles. The van der Waals surface area contributed by atoms with Gasteiger partial charge in [-0.2, -0.15) is 0 Å². The first-order valence-corrected chi connectivity index (χ1v) is 19.3. The van der Waals surface area contributed by atoms with E-state index in [2.05, 4.69) is 12.2 Å². The van der Waals surface area contributed by atoms with Crippen LogP contribution in [0.1, 0.15) is 162 Å². The van der Waals surface area contributed by atoms with Gasteiger partial charge in [-0.3, -0.25) is 9.79 Å².